The normalized spacial score (nSPS) is 11.0. The van der Waals surface area contributed by atoms with Crippen LogP contribution in [0.2, 0.25) is 0 Å². The van der Waals surface area contributed by atoms with Crippen LogP contribution in [0.25, 0.3) is 16.7 Å². The molecule has 0 fully saturated rings. The third-order valence-electron chi connectivity index (χ3n) is 2.63. The van der Waals surface area contributed by atoms with Crippen LogP contribution in [0.3, 0.4) is 0 Å². The number of hydrogen-bond acceptors (Lipinski definition) is 3. The van der Waals surface area contributed by atoms with Gasteiger partial charge in [-0.3, -0.25) is 9.55 Å². The molecule has 0 aliphatic rings. The SMILES string of the molecule is Nc1nc2cnccc2n1-c1cc(F)ccc1F. The Bertz CT molecular complexity index is 736. The van der Waals surface area contributed by atoms with E-state index in [1.54, 1.807) is 6.07 Å². The van der Waals surface area contributed by atoms with Crippen molar-refractivity contribution in [1.82, 2.24) is 14.5 Å². The van der Waals surface area contributed by atoms with E-state index >= 15 is 0 Å². The summed E-state index contributed by atoms with van der Waals surface area (Å²) in [6.45, 7) is 0. The Morgan fingerprint density at radius 2 is 2.00 bits per heavy atom. The minimum absolute atomic E-state index is 0.0289. The van der Waals surface area contributed by atoms with Gasteiger partial charge in [-0.05, 0) is 18.2 Å². The highest BCUT2D eigenvalue weighted by Gasteiger charge is 2.14. The monoisotopic (exact) mass is 246 g/mol. The average Bonchev–Trinajstić information content (AvgIpc) is 2.68. The van der Waals surface area contributed by atoms with Crippen LogP contribution in [0.15, 0.2) is 36.7 Å². The van der Waals surface area contributed by atoms with Gasteiger partial charge in [0.15, 0.2) is 0 Å². The molecule has 0 saturated heterocycles. The number of anilines is 1. The number of halogens is 2. The fraction of sp³-hybridized carbons (Fsp3) is 0. The van der Waals surface area contributed by atoms with Crippen LogP contribution in [0.5, 0.6) is 0 Å². The summed E-state index contributed by atoms with van der Waals surface area (Å²) >= 11 is 0. The van der Waals surface area contributed by atoms with E-state index in [0.29, 0.717) is 11.0 Å². The first-order valence-electron chi connectivity index (χ1n) is 5.20. The minimum Gasteiger partial charge on any atom is -0.369 e. The first-order chi connectivity index (χ1) is 8.66. The standard InChI is InChI=1S/C12H8F2N4/c13-7-1-2-8(14)11(5-7)18-10-3-4-16-6-9(10)17-12(18)15/h1-6H,(H2,15,17). The van der Waals surface area contributed by atoms with E-state index < -0.39 is 11.6 Å². The van der Waals surface area contributed by atoms with E-state index in [2.05, 4.69) is 9.97 Å². The first kappa shape index (κ1) is 10.6. The van der Waals surface area contributed by atoms with Crippen molar-refractivity contribution in [2.75, 3.05) is 5.73 Å². The van der Waals surface area contributed by atoms with Gasteiger partial charge in [0.2, 0.25) is 5.95 Å². The number of benzene rings is 1. The van der Waals surface area contributed by atoms with E-state index in [-0.39, 0.29) is 11.6 Å². The third-order valence-corrected chi connectivity index (χ3v) is 2.63. The van der Waals surface area contributed by atoms with Gasteiger partial charge >= 0.3 is 0 Å². The third kappa shape index (κ3) is 1.50. The van der Waals surface area contributed by atoms with Gasteiger partial charge < -0.3 is 5.73 Å². The lowest BCUT2D eigenvalue weighted by Crippen LogP contribution is -2.03. The molecule has 90 valence electrons. The van der Waals surface area contributed by atoms with Crippen LogP contribution in [0.1, 0.15) is 0 Å². The second-order valence-corrected chi connectivity index (χ2v) is 3.77. The summed E-state index contributed by atoms with van der Waals surface area (Å²) in [5.41, 5.74) is 6.87. The molecule has 3 rings (SSSR count). The largest absolute Gasteiger partial charge is 0.369 e. The predicted molar refractivity (Wildman–Crippen MR) is 63.2 cm³/mol. The predicted octanol–water partition coefficient (Wildman–Crippen LogP) is 2.28. The quantitative estimate of drug-likeness (QED) is 0.716. The summed E-state index contributed by atoms with van der Waals surface area (Å²) in [6.07, 6.45) is 3.05. The van der Waals surface area contributed by atoms with Gasteiger partial charge in [-0.15, -0.1) is 0 Å². The molecule has 1 aromatic carbocycles. The summed E-state index contributed by atoms with van der Waals surface area (Å²) in [4.78, 5) is 7.95. The number of nitrogen functional groups attached to an aromatic ring is 1. The molecule has 0 amide bonds. The van der Waals surface area contributed by atoms with Crippen LogP contribution in [-0.2, 0) is 0 Å². The molecule has 0 aliphatic carbocycles. The van der Waals surface area contributed by atoms with Crippen molar-refractivity contribution >= 4 is 17.0 Å². The first-order valence-corrected chi connectivity index (χ1v) is 5.20. The maximum atomic E-state index is 13.8. The number of imidazole rings is 1. The van der Waals surface area contributed by atoms with Crippen molar-refractivity contribution in [3.05, 3.63) is 48.3 Å². The van der Waals surface area contributed by atoms with Crippen molar-refractivity contribution in [1.29, 1.82) is 0 Å². The van der Waals surface area contributed by atoms with Gasteiger partial charge in [0.1, 0.15) is 17.2 Å². The molecular weight excluding hydrogens is 238 g/mol. The number of aromatic nitrogens is 3. The lowest BCUT2D eigenvalue weighted by atomic mass is 10.3. The Hall–Kier alpha value is -2.50. The molecule has 0 spiro atoms. The van der Waals surface area contributed by atoms with Crippen LogP contribution in [-0.4, -0.2) is 14.5 Å². The average molecular weight is 246 g/mol. The Morgan fingerprint density at radius 1 is 1.17 bits per heavy atom. The molecule has 0 unspecified atom stereocenters. The number of rotatable bonds is 1. The molecule has 2 heterocycles. The number of nitrogens with two attached hydrogens (primary N) is 1. The zero-order valence-corrected chi connectivity index (χ0v) is 9.14. The molecule has 2 N–H and O–H groups in total. The Kier molecular flexibility index (Phi) is 2.22. The Balaban J connectivity index is 2.37. The van der Waals surface area contributed by atoms with Crippen molar-refractivity contribution in [3.63, 3.8) is 0 Å². The molecule has 0 saturated carbocycles. The van der Waals surface area contributed by atoms with Crippen LogP contribution in [0, 0.1) is 11.6 Å². The summed E-state index contributed by atoms with van der Waals surface area (Å²) in [5, 5.41) is 0. The number of fused-ring (bicyclic) bond motifs is 1. The van der Waals surface area contributed by atoms with Gasteiger partial charge in [0, 0.05) is 12.3 Å². The maximum absolute atomic E-state index is 13.8. The molecular formula is C12H8F2N4. The summed E-state index contributed by atoms with van der Waals surface area (Å²) in [5.74, 6) is -1.02. The fourth-order valence-electron chi connectivity index (χ4n) is 1.86. The van der Waals surface area contributed by atoms with Gasteiger partial charge in [-0.25, -0.2) is 13.8 Å². The number of nitrogens with zero attached hydrogens (tertiary/aromatic N) is 3. The summed E-state index contributed by atoms with van der Waals surface area (Å²) in [6, 6.07) is 4.82. The molecule has 3 aromatic rings. The molecule has 6 heteroatoms. The van der Waals surface area contributed by atoms with Crippen molar-refractivity contribution < 1.29 is 8.78 Å². The van der Waals surface area contributed by atoms with Gasteiger partial charge in [-0.1, -0.05) is 0 Å². The highest BCUT2D eigenvalue weighted by atomic mass is 19.1. The lowest BCUT2D eigenvalue weighted by Gasteiger charge is -2.07. The lowest BCUT2D eigenvalue weighted by molar-refractivity contribution is 0.594. The Labute approximate surface area is 101 Å². The van der Waals surface area contributed by atoms with Crippen molar-refractivity contribution in [2.24, 2.45) is 0 Å². The van der Waals surface area contributed by atoms with E-state index in [0.717, 1.165) is 18.2 Å². The van der Waals surface area contributed by atoms with Gasteiger partial charge in [0.25, 0.3) is 0 Å². The Morgan fingerprint density at radius 3 is 2.83 bits per heavy atom. The van der Waals surface area contributed by atoms with E-state index in [4.69, 9.17) is 5.73 Å². The topological polar surface area (TPSA) is 56.7 Å². The zero-order valence-electron chi connectivity index (χ0n) is 9.14. The van der Waals surface area contributed by atoms with Gasteiger partial charge in [0.05, 0.1) is 17.4 Å². The molecule has 0 bridgehead atoms. The van der Waals surface area contributed by atoms with E-state index in [9.17, 15) is 8.78 Å². The molecule has 18 heavy (non-hydrogen) atoms. The second-order valence-electron chi connectivity index (χ2n) is 3.77. The molecule has 0 atom stereocenters. The van der Waals surface area contributed by atoms with Crippen LogP contribution < -0.4 is 5.73 Å². The smallest absolute Gasteiger partial charge is 0.206 e. The van der Waals surface area contributed by atoms with E-state index in [1.165, 1.54) is 17.0 Å². The van der Waals surface area contributed by atoms with Crippen molar-refractivity contribution in [3.8, 4) is 5.69 Å². The van der Waals surface area contributed by atoms with Crippen molar-refractivity contribution in [2.45, 2.75) is 0 Å². The zero-order chi connectivity index (χ0) is 12.7. The van der Waals surface area contributed by atoms with E-state index in [1.807, 2.05) is 0 Å². The molecule has 4 nitrogen and oxygen atoms in total. The number of hydrogen-bond donors (Lipinski definition) is 1. The molecule has 0 radical (unpaired) electrons. The van der Waals surface area contributed by atoms with Gasteiger partial charge in [-0.2, -0.15) is 0 Å². The highest BCUT2D eigenvalue weighted by molar-refractivity contribution is 5.79. The summed E-state index contributed by atoms with van der Waals surface area (Å²) in [7, 11) is 0. The summed E-state index contributed by atoms with van der Waals surface area (Å²) < 4.78 is 28.3. The minimum atomic E-state index is -0.570. The van der Waals surface area contributed by atoms with Crippen LogP contribution >= 0.6 is 0 Å². The molecule has 2 aromatic heterocycles. The highest BCUT2D eigenvalue weighted by Crippen LogP contribution is 2.24. The maximum Gasteiger partial charge on any atom is 0.206 e. The second kappa shape index (κ2) is 3.76. The number of pyridine rings is 1. The van der Waals surface area contributed by atoms with Crippen LogP contribution in [0.4, 0.5) is 14.7 Å². The fourth-order valence-corrected chi connectivity index (χ4v) is 1.86. The molecule has 0 aliphatic heterocycles.